The molecular formula is C8H10ClF3N2O. The molecule has 0 bridgehead atoms. The van der Waals surface area contributed by atoms with Crippen LogP contribution in [0, 0.1) is 0 Å². The van der Waals surface area contributed by atoms with Crippen molar-refractivity contribution in [2.75, 3.05) is 12.5 Å². The van der Waals surface area contributed by atoms with E-state index in [1.807, 2.05) is 5.43 Å². The lowest BCUT2D eigenvalue weighted by atomic mass is 10.3. The van der Waals surface area contributed by atoms with E-state index in [0.29, 0.717) is 11.4 Å². The maximum atomic E-state index is 11.7. The van der Waals surface area contributed by atoms with Crippen LogP contribution < -0.4 is 15.6 Å². The second-order valence-electron chi connectivity index (χ2n) is 2.48. The number of hydrazine groups is 1. The molecule has 0 unspecified atom stereocenters. The molecule has 0 fully saturated rings. The number of methoxy groups -OCH3 is 1. The third-order valence-corrected chi connectivity index (χ3v) is 1.44. The molecule has 2 N–H and O–H groups in total. The number of rotatable bonds is 3. The number of ether oxygens (including phenoxy) is 1. The van der Waals surface area contributed by atoms with Gasteiger partial charge in [-0.15, -0.1) is 17.8 Å². The van der Waals surface area contributed by atoms with Gasteiger partial charge < -0.3 is 10.2 Å². The Labute approximate surface area is 91.0 Å². The Morgan fingerprint density at radius 2 is 1.67 bits per heavy atom. The van der Waals surface area contributed by atoms with Crippen molar-refractivity contribution in [1.29, 1.82) is 0 Å². The van der Waals surface area contributed by atoms with Gasteiger partial charge in [-0.2, -0.15) is 13.2 Å². The van der Waals surface area contributed by atoms with E-state index < -0.39 is 6.30 Å². The zero-order valence-corrected chi connectivity index (χ0v) is 8.58. The monoisotopic (exact) mass is 242 g/mol. The van der Waals surface area contributed by atoms with Gasteiger partial charge in [0.05, 0.1) is 7.11 Å². The van der Waals surface area contributed by atoms with Crippen molar-refractivity contribution in [2.24, 2.45) is 0 Å². The number of nitrogens with one attached hydrogen (secondary N) is 2. The van der Waals surface area contributed by atoms with Crippen LogP contribution in [0.15, 0.2) is 24.3 Å². The van der Waals surface area contributed by atoms with E-state index in [9.17, 15) is 13.2 Å². The molecule has 0 spiro atoms. The fourth-order valence-electron chi connectivity index (χ4n) is 0.817. The number of benzene rings is 1. The minimum absolute atomic E-state index is 0. The number of hydrogen-bond donors (Lipinski definition) is 2. The fraction of sp³-hybridized carbons (Fsp3) is 0.250. The van der Waals surface area contributed by atoms with Crippen molar-refractivity contribution < 1.29 is 17.9 Å². The standard InChI is InChI=1S/C8H9F3N2O.ClH/c1-14-7-4-2-6(3-5-7)12-13-8(9,10)11;/h2-5,12-13H,1H3;1H. The Kier molecular flexibility index (Phi) is 5.24. The molecule has 7 heteroatoms. The minimum atomic E-state index is -4.44. The Bertz CT molecular complexity index is 289. The third-order valence-electron chi connectivity index (χ3n) is 1.44. The first-order valence-corrected chi connectivity index (χ1v) is 3.75. The molecule has 1 aromatic rings. The van der Waals surface area contributed by atoms with Crippen molar-refractivity contribution in [3.63, 3.8) is 0 Å². The molecule has 0 radical (unpaired) electrons. The van der Waals surface area contributed by atoms with Crippen molar-refractivity contribution in [3.8, 4) is 5.75 Å². The molecule has 1 rings (SSSR count). The van der Waals surface area contributed by atoms with Crippen molar-refractivity contribution >= 4 is 18.1 Å². The Morgan fingerprint density at radius 3 is 2.07 bits per heavy atom. The highest BCUT2D eigenvalue weighted by Gasteiger charge is 2.26. The predicted molar refractivity (Wildman–Crippen MR) is 53.1 cm³/mol. The summed E-state index contributed by atoms with van der Waals surface area (Å²) in [6, 6.07) is 6.05. The van der Waals surface area contributed by atoms with Crippen LogP contribution in [-0.2, 0) is 0 Å². The van der Waals surface area contributed by atoms with Crippen LogP contribution in [0.4, 0.5) is 18.9 Å². The quantitative estimate of drug-likeness (QED) is 0.631. The van der Waals surface area contributed by atoms with Gasteiger partial charge in [0.15, 0.2) is 0 Å². The molecule has 3 nitrogen and oxygen atoms in total. The fourth-order valence-corrected chi connectivity index (χ4v) is 0.817. The van der Waals surface area contributed by atoms with Gasteiger partial charge in [-0.1, -0.05) is 0 Å². The van der Waals surface area contributed by atoms with Crippen LogP contribution in [0.3, 0.4) is 0 Å². The number of anilines is 1. The summed E-state index contributed by atoms with van der Waals surface area (Å²) in [4.78, 5) is 0. The molecule has 1 aromatic carbocycles. The first kappa shape index (κ1) is 13.9. The van der Waals surface area contributed by atoms with Gasteiger partial charge in [0.1, 0.15) is 5.75 Å². The van der Waals surface area contributed by atoms with Gasteiger partial charge in [-0.3, -0.25) is 0 Å². The topological polar surface area (TPSA) is 33.3 Å². The summed E-state index contributed by atoms with van der Waals surface area (Å²) in [5.74, 6) is 0.586. The first-order chi connectivity index (χ1) is 6.51. The zero-order valence-electron chi connectivity index (χ0n) is 7.76. The minimum Gasteiger partial charge on any atom is -0.497 e. The normalized spacial score (nSPS) is 10.4. The summed E-state index contributed by atoms with van der Waals surface area (Å²) in [7, 11) is 1.48. The highest BCUT2D eigenvalue weighted by Crippen LogP contribution is 2.15. The molecule has 0 aliphatic rings. The lowest BCUT2D eigenvalue weighted by Crippen LogP contribution is -2.36. The Hall–Kier alpha value is -1.14. The van der Waals surface area contributed by atoms with Crippen molar-refractivity contribution in [1.82, 2.24) is 5.43 Å². The van der Waals surface area contributed by atoms with E-state index in [2.05, 4.69) is 0 Å². The summed E-state index contributed by atoms with van der Waals surface area (Å²) >= 11 is 0. The van der Waals surface area contributed by atoms with E-state index in [4.69, 9.17) is 4.74 Å². The van der Waals surface area contributed by atoms with Gasteiger partial charge in [-0.05, 0) is 24.3 Å². The highest BCUT2D eigenvalue weighted by molar-refractivity contribution is 5.85. The Morgan fingerprint density at radius 1 is 1.13 bits per heavy atom. The van der Waals surface area contributed by atoms with Gasteiger partial charge in [-0.25, -0.2) is 0 Å². The largest absolute Gasteiger partial charge is 0.497 e. The molecule has 86 valence electrons. The van der Waals surface area contributed by atoms with Crippen molar-refractivity contribution in [3.05, 3.63) is 24.3 Å². The lowest BCUT2D eigenvalue weighted by Gasteiger charge is -2.11. The maximum absolute atomic E-state index is 11.7. The molecule has 0 saturated carbocycles. The molecule has 0 saturated heterocycles. The van der Waals surface area contributed by atoms with E-state index >= 15 is 0 Å². The number of halogens is 4. The summed E-state index contributed by atoms with van der Waals surface area (Å²) in [5, 5.41) is 0. The van der Waals surface area contributed by atoms with E-state index in [1.165, 1.54) is 24.7 Å². The van der Waals surface area contributed by atoms with E-state index in [-0.39, 0.29) is 12.4 Å². The summed E-state index contributed by atoms with van der Waals surface area (Å²) in [6.07, 6.45) is -4.44. The summed E-state index contributed by atoms with van der Waals surface area (Å²) in [5.41, 5.74) is 3.50. The van der Waals surface area contributed by atoms with Crippen LogP contribution >= 0.6 is 12.4 Å². The number of hydrogen-bond acceptors (Lipinski definition) is 3. The molecule has 0 atom stereocenters. The van der Waals surface area contributed by atoms with Crippen LogP contribution in [-0.4, -0.2) is 13.4 Å². The average molecular weight is 243 g/mol. The molecule has 0 aliphatic carbocycles. The van der Waals surface area contributed by atoms with Crippen molar-refractivity contribution in [2.45, 2.75) is 6.30 Å². The van der Waals surface area contributed by atoms with Crippen LogP contribution in [0.5, 0.6) is 5.75 Å². The zero-order chi connectivity index (χ0) is 10.6. The smallest absolute Gasteiger partial charge is 0.474 e. The molecule has 0 amide bonds. The van der Waals surface area contributed by atoms with Gasteiger partial charge in [0, 0.05) is 5.69 Å². The van der Waals surface area contributed by atoms with E-state index in [0.717, 1.165) is 0 Å². The van der Waals surface area contributed by atoms with Gasteiger partial charge >= 0.3 is 6.30 Å². The molecule has 15 heavy (non-hydrogen) atoms. The lowest BCUT2D eigenvalue weighted by molar-refractivity contribution is -0.151. The third kappa shape index (κ3) is 5.34. The SMILES string of the molecule is COc1ccc(NNC(F)(F)F)cc1.Cl. The molecule has 0 aromatic heterocycles. The maximum Gasteiger partial charge on any atom is 0.474 e. The van der Waals surface area contributed by atoms with Crippen LogP contribution in [0.1, 0.15) is 0 Å². The van der Waals surface area contributed by atoms with Gasteiger partial charge in [0.2, 0.25) is 0 Å². The molecule has 0 heterocycles. The Balaban J connectivity index is 0.00000196. The first-order valence-electron chi connectivity index (χ1n) is 3.75. The molecular weight excluding hydrogens is 233 g/mol. The highest BCUT2D eigenvalue weighted by atomic mass is 35.5. The van der Waals surface area contributed by atoms with Crippen LogP contribution in [0.25, 0.3) is 0 Å². The van der Waals surface area contributed by atoms with Crippen LogP contribution in [0.2, 0.25) is 0 Å². The van der Waals surface area contributed by atoms with E-state index in [1.54, 1.807) is 12.1 Å². The second-order valence-corrected chi connectivity index (χ2v) is 2.48. The summed E-state index contributed by atoms with van der Waals surface area (Å²) in [6.45, 7) is 0. The van der Waals surface area contributed by atoms with Gasteiger partial charge in [0.25, 0.3) is 0 Å². The average Bonchev–Trinajstić information content (AvgIpc) is 2.14. The summed E-state index contributed by atoms with van der Waals surface area (Å²) < 4.78 is 39.9. The number of alkyl halides is 3. The predicted octanol–water partition coefficient (Wildman–Crippen LogP) is 2.55. The molecule has 0 aliphatic heterocycles. The second kappa shape index (κ2) is 5.67.